The lowest BCUT2D eigenvalue weighted by Crippen LogP contribution is -2.01. The molecule has 1 aliphatic rings. The van der Waals surface area contributed by atoms with Gasteiger partial charge in [-0.15, -0.1) is 0 Å². The van der Waals surface area contributed by atoms with Gasteiger partial charge in [-0.25, -0.2) is 59.0 Å². The molecule has 0 fully saturated rings. The van der Waals surface area contributed by atoms with Crippen LogP contribution >= 0.6 is 0 Å². The quantitative estimate of drug-likeness (QED) is 0.166. The summed E-state index contributed by atoms with van der Waals surface area (Å²) in [5.74, 6) is 40.6. The molecule has 0 atom stereocenters. The highest BCUT2D eigenvalue weighted by Crippen LogP contribution is 2.12. The summed E-state index contributed by atoms with van der Waals surface area (Å²) in [5, 5.41) is 39.5. The van der Waals surface area contributed by atoms with E-state index < -0.39 is 23.9 Å². The van der Waals surface area contributed by atoms with Gasteiger partial charge in [-0.2, -0.15) is 0 Å². The minimum atomic E-state index is -1.24. The van der Waals surface area contributed by atoms with Crippen molar-refractivity contribution in [3.8, 4) is 94.7 Å². The molecule has 8 aromatic heterocycles. The van der Waals surface area contributed by atoms with Crippen molar-refractivity contribution >= 4 is 23.9 Å². The molecule has 0 radical (unpaired) electrons. The van der Waals surface area contributed by atoms with Gasteiger partial charge in [-0.1, -0.05) is 24.3 Å². The van der Waals surface area contributed by atoms with Crippen molar-refractivity contribution in [2.75, 3.05) is 0 Å². The molecule has 16 bridgehead atoms. The smallest absolute Gasteiger partial charge is 0.335 e. The Morgan fingerprint density at radius 1 is 0.224 bits per heavy atom. The summed E-state index contributed by atoms with van der Waals surface area (Å²) in [4.78, 5) is 83.9. The first-order valence-electron chi connectivity index (χ1n) is 21.9. The third kappa shape index (κ3) is 13.0. The molecule has 0 saturated carbocycles. The molecule has 0 aromatic carbocycles. The highest BCUT2D eigenvalue weighted by molar-refractivity contribution is 5.90. The SMILES string of the molecule is O=C(O)c1cc2nc(c1)C#Cc1cccc(n1)C#Cc1cc(C(=O)O)cc(n1)C#Cc1cccc(n1)C#Cc1cc(C(=O)O)cc(n1)C#Cc1cccc(n1)C#Cc1cc(C(=O)O)cc(n1)C#Cc1cccc(n1)C#C2. The molecule has 352 valence electrons. The van der Waals surface area contributed by atoms with Crippen molar-refractivity contribution in [1.29, 1.82) is 0 Å². The van der Waals surface area contributed by atoms with Gasteiger partial charge in [0.1, 0.15) is 91.1 Å². The third-order valence-corrected chi connectivity index (χ3v) is 9.83. The third-order valence-electron chi connectivity index (χ3n) is 9.83. The maximum absolute atomic E-state index is 12.1. The molecule has 16 heteroatoms. The van der Waals surface area contributed by atoms with Gasteiger partial charge in [-0.3, -0.25) is 0 Å². The van der Waals surface area contributed by atoms with Crippen molar-refractivity contribution in [1.82, 2.24) is 39.9 Å². The number of carboxylic acids is 4. The topological polar surface area (TPSA) is 252 Å². The second-order valence-corrected chi connectivity index (χ2v) is 15.4. The lowest BCUT2D eigenvalue weighted by molar-refractivity contribution is 0.0686. The Kier molecular flexibility index (Phi) is 14.1. The molecule has 9 heterocycles. The number of aromatic carboxylic acids is 4. The van der Waals surface area contributed by atoms with Crippen LogP contribution in [0.4, 0.5) is 0 Å². The lowest BCUT2D eigenvalue weighted by atomic mass is 10.1. The first-order chi connectivity index (χ1) is 36.8. The maximum atomic E-state index is 12.1. The fourth-order valence-corrected chi connectivity index (χ4v) is 6.45. The molecule has 76 heavy (non-hydrogen) atoms. The number of carbonyl (C=O) groups is 4. The van der Waals surface area contributed by atoms with Gasteiger partial charge in [0, 0.05) is 0 Å². The first-order valence-corrected chi connectivity index (χ1v) is 21.9. The Hall–Kier alpha value is -12.4. The van der Waals surface area contributed by atoms with E-state index in [1.165, 1.54) is 48.5 Å². The maximum Gasteiger partial charge on any atom is 0.335 e. The molecule has 0 spiro atoms. The van der Waals surface area contributed by atoms with Crippen molar-refractivity contribution < 1.29 is 39.6 Å². The highest BCUT2D eigenvalue weighted by atomic mass is 16.4. The zero-order chi connectivity index (χ0) is 53.0. The predicted molar refractivity (Wildman–Crippen MR) is 270 cm³/mol. The number of carboxylic acid groups (broad SMARTS) is 4. The predicted octanol–water partition coefficient (Wildman–Crippen LogP) is 5.15. The molecule has 0 aliphatic carbocycles. The Balaban J connectivity index is 1.13. The van der Waals surface area contributed by atoms with E-state index in [1.807, 2.05) is 0 Å². The van der Waals surface area contributed by atoms with E-state index in [0.29, 0.717) is 0 Å². The highest BCUT2D eigenvalue weighted by Gasteiger charge is 2.11. The molecular weight excluding hydrogens is 961 g/mol. The van der Waals surface area contributed by atoms with Gasteiger partial charge >= 0.3 is 23.9 Å². The Morgan fingerprint density at radius 2 is 0.342 bits per heavy atom. The number of hydrogen-bond donors (Lipinski definition) is 4. The standard InChI is InChI=1S/C60H24N8O8/c69-57(70)37-29-49-21-13-41-5-1-6-42(61-41)14-22-50-30-38(58(71)72)32-52(66-50)24-16-44-8-3-10-46(63-44)18-26-54-34-40(60(75)76)36-56(68-54)28-20-48-12-4-11-47(64-48)19-27-55-35-39(59(73)74)33-53(67-55)25-17-45-9-2-7-43(62-45)15-23-51(31-37)65-49/h1-12,29-36H,(H,69,70)(H,71,72)(H,73,74)(H,75,76). The van der Waals surface area contributed by atoms with Crippen molar-refractivity contribution in [3.63, 3.8) is 0 Å². The summed E-state index contributed by atoms with van der Waals surface area (Å²) in [6.45, 7) is 0. The van der Waals surface area contributed by atoms with Crippen LogP contribution in [0.1, 0.15) is 133 Å². The van der Waals surface area contributed by atoms with Gasteiger partial charge in [0.25, 0.3) is 0 Å². The second-order valence-electron chi connectivity index (χ2n) is 15.4. The largest absolute Gasteiger partial charge is 0.478 e. The van der Waals surface area contributed by atoms with Crippen molar-refractivity contribution in [2.24, 2.45) is 0 Å². The number of hydrogen-bond acceptors (Lipinski definition) is 12. The molecule has 0 unspecified atom stereocenters. The number of pyridine rings is 8. The van der Waals surface area contributed by atoms with Gasteiger partial charge < -0.3 is 20.4 Å². The van der Waals surface area contributed by atoms with E-state index in [4.69, 9.17) is 0 Å². The molecule has 8 aromatic rings. The van der Waals surface area contributed by atoms with E-state index in [-0.39, 0.29) is 113 Å². The minimum absolute atomic E-state index is 0.0798. The number of aromatic nitrogens is 8. The average Bonchev–Trinajstić information content (AvgIpc) is 3.43. The van der Waals surface area contributed by atoms with Crippen LogP contribution in [0.3, 0.4) is 0 Å². The Bertz CT molecular complexity index is 3610. The molecule has 1 aliphatic heterocycles. The zero-order valence-electron chi connectivity index (χ0n) is 38.5. The van der Waals surface area contributed by atoms with Crippen molar-refractivity contribution in [3.05, 3.63) is 235 Å². The zero-order valence-corrected chi connectivity index (χ0v) is 38.5. The molecule has 16 nitrogen and oxygen atoms in total. The van der Waals surface area contributed by atoms with Gasteiger partial charge in [0.2, 0.25) is 0 Å². The van der Waals surface area contributed by atoms with Crippen LogP contribution < -0.4 is 0 Å². The lowest BCUT2D eigenvalue weighted by Gasteiger charge is -1.99. The first kappa shape index (κ1) is 48.6. The van der Waals surface area contributed by atoms with Crippen molar-refractivity contribution in [2.45, 2.75) is 0 Å². The Labute approximate surface area is 431 Å². The van der Waals surface area contributed by atoms with Crippen LogP contribution in [-0.2, 0) is 0 Å². The molecule has 9 rings (SSSR count). The van der Waals surface area contributed by atoms with E-state index in [0.717, 1.165) is 0 Å². The summed E-state index contributed by atoms with van der Waals surface area (Å²) in [6, 6.07) is 29.7. The van der Waals surface area contributed by atoms with E-state index in [2.05, 4.69) is 135 Å². The summed E-state index contributed by atoms with van der Waals surface area (Å²) in [5.41, 5.74) is 2.20. The van der Waals surface area contributed by atoms with Gasteiger partial charge in [0.15, 0.2) is 0 Å². The molecule has 0 saturated heterocycles. The van der Waals surface area contributed by atoms with Crippen LogP contribution in [-0.4, -0.2) is 84.2 Å². The fraction of sp³-hybridized carbons (Fsp3) is 0. The molecule has 4 N–H and O–H groups in total. The van der Waals surface area contributed by atoms with E-state index in [9.17, 15) is 39.6 Å². The fourth-order valence-electron chi connectivity index (χ4n) is 6.45. The normalized spacial score (nSPS) is 10.5. The molecular formula is C60H24N8O8. The van der Waals surface area contributed by atoms with Gasteiger partial charge in [0.05, 0.1) is 22.3 Å². The number of rotatable bonds is 4. The summed E-state index contributed by atoms with van der Waals surface area (Å²) in [7, 11) is 0. The summed E-state index contributed by atoms with van der Waals surface area (Å²) >= 11 is 0. The van der Waals surface area contributed by atoms with Crippen LogP contribution in [0.15, 0.2) is 121 Å². The number of nitrogens with zero attached hydrogens (tertiary/aromatic N) is 8. The summed E-state index contributed by atoms with van der Waals surface area (Å²) < 4.78 is 0. The van der Waals surface area contributed by atoms with E-state index >= 15 is 0 Å². The van der Waals surface area contributed by atoms with Crippen LogP contribution in [0.5, 0.6) is 0 Å². The monoisotopic (exact) mass is 984 g/mol. The average molecular weight is 985 g/mol. The van der Waals surface area contributed by atoms with Crippen LogP contribution in [0.25, 0.3) is 0 Å². The summed E-state index contributed by atoms with van der Waals surface area (Å²) in [6.07, 6.45) is 0. The van der Waals surface area contributed by atoms with Crippen LogP contribution in [0.2, 0.25) is 0 Å². The van der Waals surface area contributed by atoms with Crippen LogP contribution in [0, 0.1) is 94.7 Å². The number of fused-ring (bicyclic) bond motifs is 16. The molecule has 0 amide bonds. The Morgan fingerprint density at radius 3 is 0.474 bits per heavy atom. The minimum Gasteiger partial charge on any atom is -0.478 e. The second kappa shape index (κ2) is 22.1. The van der Waals surface area contributed by atoms with Gasteiger partial charge in [-0.05, 0) is 192 Å². The van der Waals surface area contributed by atoms with E-state index in [1.54, 1.807) is 72.8 Å².